The highest BCUT2D eigenvalue weighted by Crippen LogP contribution is 2.23. The molecule has 1 atom stereocenters. The van der Waals surface area contributed by atoms with Crippen molar-refractivity contribution in [2.45, 2.75) is 31.9 Å². The average Bonchev–Trinajstić information content (AvgIpc) is 2.91. The molecule has 1 aliphatic rings. The molecule has 2 N–H and O–H groups in total. The second kappa shape index (κ2) is 6.61. The molecule has 2 rings (SSSR count). The van der Waals surface area contributed by atoms with E-state index in [4.69, 9.17) is 19.9 Å². The molecule has 1 saturated heterocycles. The van der Waals surface area contributed by atoms with E-state index < -0.39 is 0 Å². The first-order valence-corrected chi connectivity index (χ1v) is 6.44. The van der Waals surface area contributed by atoms with Crippen LogP contribution in [0.4, 0.5) is 0 Å². The monoisotopic (exact) mass is 251 g/mol. The van der Waals surface area contributed by atoms with E-state index in [-0.39, 0.29) is 0 Å². The van der Waals surface area contributed by atoms with E-state index in [0.717, 1.165) is 36.5 Å². The molecular weight excluding hydrogens is 230 g/mol. The molecule has 1 aromatic rings. The smallest absolute Gasteiger partial charge is 0.123 e. The van der Waals surface area contributed by atoms with Crippen molar-refractivity contribution in [3.8, 4) is 11.5 Å². The molecule has 0 bridgehead atoms. The number of nitrogens with two attached hydrogens (primary N) is 1. The first kappa shape index (κ1) is 13.2. The molecule has 1 aliphatic heterocycles. The number of methoxy groups -OCH3 is 1. The lowest BCUT2D eigenvalue weighted by Gasteiger charge is -2.12. The second-order valence-corrected chi connectivity index (χ2v) is 4.49. The lowest BCUT2D eigenvalue weighted by Crippen LogP contribution is -2.11. The van der Waals surface area contributed by atoms with Gasteiger partial charge in [-0.05, 0) is 30.5 Å². The summed E-state index contributed by atoms with van der Waals surface area (Å²) in [7, 11) is 1.64. The van der Waals surface area contributed by atoms with Crippen LogP contribution < -0.4 is 15.2 Å². The van der Waals surface area contributed by atoms with E-state index in [1.807, 2.05) is 18.2 Å². The maximum atomic E-state index is 5.74. The average molecular weight is 251 g/mol. The van der Waals surface area contributed by atoms with Crippen LogP contribution in [0.25, 0.3) is 0 Å². The normalized spacial score (nSPS) is 18.9. The van der Waals surface area contributed by atoms with Gasteiger partial charge in [-0.3, -0.25) is 0 Å². The van der Waals surface area contributed by atoms with Gasteiger partial charge in [-0.25, -0.2) is 0 Å². The Morgan fingerprint density at radius 1 is 1.33 bits per heavy atom. The Hall–Kier alpha value is -1.26. The molecule has 0 amide bonds. The van der Waals surface area contributed by atoms with Crippen molar-refractivity contribution in [2.75, 3.05) is 20.3 Å². The molecule has 1 fully saturated rings. The van der Waals surface area contributed by atoms with Crippen molar-refractivity contribution in [1.29, 1.82) is 0 Å². The minimum atomic E-state index is 0.365. The Bertz CT molecular complexity index is 353. The van der Waals surface area contributed by atoms with Gasteiger partial charge in [0.1, 0.15) is 11.5 Å². The van der Waals surface area contributed by atoms with Gasteiger partial charge in [-0.15, -0.1) is 0 Å². The largest absolute Gasteiger partial charge is 0.497 e. The summed E-state index contributed by atoms with van der Waals surface area (Å²) in [6.07, 6.45) is 3.62. The number of hydrogen-bond acceptors (Lipinski definition) is 4. The fraction of sp³-hybridized carbons (Fsp3) is 0.571. The van der Waals surface area contributed by atoms with Crippen LogP contribution in [0.1, 0.15) is 24.8 Å². The number of rotatable bonds is 6. The zero-order valence-electron chi connectivity index (χ0n) is 10.9. The quantitative estimate of drug-likeness (QED) is 0.841. The van der Waals surface area contributed by atoms with Crippen LogP contribution in [0.2, 0.25) is 0 Å². The van der Waals surface area contributed by atoms with Crippen molar-refractivity contribution < 1.29 is 14.2 Å². The van der Waals surface area contributed by atoms with Crippen LogP contribution in [0.15, 0.2) is 18.2 Å². The van der Waals surface area contributed by atoms with E-state index in [1.54, 1.807) is 7.11 Å². The number of benzene rings is 1. The summed E-state index contributed by atoms with van der Waals surface area (Å²) in [5.74, 6) is 1.60. The lowest BCUT2D eigenvalue weighted by molar-refractivity contribution is 0.0903. The van der Waals surface area contributed by atoms with Gasteiger partial charge in [0.2, 0.25) is 0 Å². The predicted octanol–water partition coefficient (Wildman–Crippen LogP) is 2.10. The minimum Gasteiger partial charge on any atom is -0.497 e. The van der Waals surface area contributed by atoms with E-state index in [1.165, 1.54) is 6.42 Å². The van der Waals surface area contributed by atoms with Gasteiger partial charge in [0.05, 0.1) is 19.8 Å². The Morgan fingerprint density at radius 3 is 2.83 bits per heavy atom. The van der Waals surface area contributed by atoms with Crippen LogP contribution >= 0.6 is 0 Å². The summed E-state index contributed by atoms with van der Waals surface area (Å²) in [5, 5.41) is 0. The van der Waals surface area contributed by atoms with Gasteiger partial charge in [-0.1, -0.05) is 0 Å². The maximum absolute atomic E-state index is 5.74. The maximum Gasteiger partial charge on any atom is 0.123 e. The van der Waals surface area contributed by atoms with Crippen molar-refractivity contribution in [3.63, 3.8) is 0 Å². The minimum absolute atomic E-state index is 0.365. The fourth-order valence-electron chi connectivity index (χ4n) is 2.13. The standard InChI is InChI=1S/C14H21NO3/c1-16-13-7-11(10-15)8-14(9-13)18-6-4-12-3-2-5-17-12/h7-9,12H,2-6,10,15H2,1H3. The summed E-state index contributed by atoms with van der Waals surface area (Å²) in [6, 6.07) is 5.76. The Kier molecular flexibility index (Phi) is 4.84. The topological polar surface area (TPSA) is 53.7 Å². The van der Waals surface area contributed by atoms with Crippen LogP contribution in [0.3, 0.4) is 0 Å². The number of ether oxygens (including phenoxy) is 3. The molecule has 0 radical (unpaired) electrons. The first-order valence-electron chi connectivity index (χ1n) is 6.44. The third-order valence-electron chi connectivity index (χ3n) is 3.14. The third kappa shape index (κ3) is 3.62. The van der Waals surface area contributed by atoms with Crippen LogP contribution in [-0.4, -0.2) is 26.4 Å². The van der Waals surface area contributed by atoms with E-state index in [9.17, 15) is 0 Å². The number of hydrogen-bond donors (Lipinski definition) is 1. The first-order chi connectivity index (χ1) is 8.81. The highest BCUT2D eigenvalue weighted by Gasteiger charge is 2.15. The molecule has 1 heterocycles. The van der Waals surface area contributed by atoms with Gasteiger partial charge >= 0.3 is 0 Å². The van der Waals surface area contributed by atoms with Crippen LogP contribution in [-0.2, 0) is 11.3 Å². The van der Waals surface area contributed by atoms with Crippen molar-refractivity contribution >= 4 is 0 Å². The highest BCUT2D eigenvalue weighted by molar-refractivity contribution is 5.38. The third-order valence-corrected chi connectivity index (χ3v) is 3.14. The summed E-state index contributed by atoms with van der Waals surface area (Å²) >= 11 is 0. The zero-order valence-corrected chi connectivity index (χ0v) is 10.9. The van der Waals surface area contributed by atoms with Crippen molar-refractivity contribution in [3.05, 3.63) is 23.8 Å². The summed E-state index contributed by atoms with van der Waals surface area (Å²) in [4.78, 5) is 0. The molecule has 1 unspecified atom stereocenters. The molecule has 1 aromatic carbocycles. The molecule has 0 spiro atoms. The SMILES string of the molecule is COc1cc(CN)cc(OCCC2CCCO2)c1. The molecule has 0 saturated carbocycles. The molecule has 100 valence electrons. The molecule has 4 nitrogen and oxygen atoms in total. The van der Waals surface area contributed by atoms with Gasteiger partial charge in [0, 0.05) is 25.6 Å². The van der Waals surface area contributed by atoms with Crippen LogP contribution in [0, 0.1) is 0 Å². The molecule has 0 aromatic heterocycles. The van der Waals surface area contributed by atoms with Gasteiger partial charge in [-0.2, -0.15) is 0 Å². The van der Waals surface area contributed by atoms with E-state index >= 15 is 0 Å². The molecule has 4 heteroatoms. The fourth-order valence-corrected chi connectivity index (χ4v) is 2.13. The summed E-state index contributed by atoms with van der Waals surface area (Å²) in [5.41, 5.74) is 6.65. The zero-order chi connectivity index (χ0) is 12.8. The highest BCUT2D eigenvalue weighted by atomic mass is 16.5. The van der Waals surface area contributed by atoms with Gasteiger partial charge in [0.25, 0.3) is 0 Å². The lowest BCUT2D eigenvalue weighted by atomic mass is 10.2. The summed E-state index contributed by atoms with van der Waals surface area (Å²) < 4.78 is 16.5. The van der Waals surface area contributed by atoms with Crippen LogP contribution in [0.5, 0.6) is 11.5 Å². The van der Waals surface area contributed by atoms with E-state index in [2.05, 4.69) is 0 Å². The van der Waals surface area contributed by atoms with Crippen molar-refractivity contribution in [2.24, 2.45) is 5.73 Å². The predicted molar refractivity (Wildman–Crippen MR) is 70.0 cm³/mol. The Balaban J connectivity index is 1.87. The molecule has 18 heavy (non-hydrogen) atoms. The van der Waals surface area contributed by atoms with Crippen molar-refractivity contribution in [1.82, 2.24) is 0 Å². The Labute approximate surface area is 108 Å². The molecular formula is C14H21NO3. The second-order valence-electron chi connectivity index (χ2n) is 4.49. The summed E-state index contributed by atoms with van der Waals surface area (Å²) in [6.45, 7) is 2.04. The molecule has 0 aliphatic carbocycles. The van der Waals surface area contributed by atoms with Gasteiger partial charge in [0.15, 0.2) is 0 Å². The van der Waals surface area contributed by atoms with Gasteiger partial charge < -0.3 is 19.9 Å². The Morgan fingerprint density at radius 2 is 2.17 bits per heavy atom. The van der Waals surface area contributed by atoms with E-state index in [0.29, 0.717) is 19.3 Å².